The summed E-state index contributed by atoms with van der Waals surface area (Å²) in [5, 5.41) is 9.29. The smallest absolute Gasteiger partial charge is 0.232 e. The molecule has 5 fully saturated rings. The van der Waals surface area contributed by atoms with Crippen LogP contribution < -0.4 is 15.5 Å². The van der Waals surface area contributed by atoms with E-state index in [0.29, 0.717) is 74.3 Å². The molecule has 5 N–H and O–H groups in total. The van der Waals surface area contributed by atoms with Crippen molar-refractivity contribution >= 4 is 87.8 Å². The number of nitrogens with zero attached hydrogens (tertiary/aromatic N) is 7. The molecule has 9 aromatic rings. The second-order valence-electron chi connectivity index (χ2n) is 28.3. The van der Waals surface area contributed by atoms with E-state index in [2.05, 4.69) is 40.5 Å². The average Bonchev–Trinajstić information content (AvgIpc) is 1.67. The molecule has 4 unspecified atom stereocenters. The first kappa shape index (κ1) is 74.0. The highest BCUT2D eigenvalue weighted by Crippen LogP contribution is 2.44. The molecule has 5 saturated heterocycles. The minimum absolute atomic E-state index is 0.0923. The van der Waals surface area contributed by atoms with E-state index in [1.54, 1.807) is 60.9 Å². The Balaban J connectivity index is 0.000000121. The van der Waals surface area contributed by atoms with Gasteiger partial charge in [-0.25, -0.2) is 57.4 Å². The van der Waals surface area contributed by atoms with Crippen molar-refractivity contribution in [3.05, 3.63) is 185 Å². The van der Waals surface area contributed by atoms with Gasteiger partial charge in [-0.15, -0.1) is 0 Å². The fourth-order valence-electron chi connectivity index (χ4n) is 16.3. The summed E-state index contributed by atoms with van der Waals surface area (Å²) in [6.07, 6.45) is 23.2. The molecule has 0 saturated carbocycles. The Morgan fingerprint density at radius 1 is 0.456 bits per heavy atom. The van der Waals surface area contributed by atoms with Crippen molar-refractivity contribution in [3.63, 3.8) is 0 Å². The van der Waals surface area contributed by atoms with E-state index >= 15 is 0 Å². The molecule has 0 spiro atoms. The Bertz CT molecular complexity index is 4710. The summed E-state index contributed by atoms with van der Waals surface area (Å²) in [7, 11) is -6.28. The first-order valence-corrected chi connectivity index (χ1v) is 39.5. The maximum absolute atomic E-state index is 13.3. The van der Waals surface area contributed by atoms with Crippen LogP contribution >= 0.6 is 0 Å². The maximum atomic E-state index is 13.3. The molecule has 19 nitrogen and oxygen atoms in total. The molecule has 26 heteroatoms. The number of fused-ring (bicyclic) bond motifs is 5. The number of likely N-dealkylation sites (tertiary alicyclic amines) is 2. The molecule has 11 heterocycles. The number of amides is 3. The number of hydrogen-bond acceptors (Lipinski definition) is 11. The third-order valence-corrected chi connectivity index (χ3v) is 24.4. The van der Waals surface area contributed by atoms with Gasteiger partial charge >= 0.3 is 0 Å². The van der Waals surface area contributed by atoms with Crippen LogP contribution in [0.1, 0.15) is 148 Å². The van der Waals surface area contributed by atoms with Crippen molar-refractivity contribution in [2.75, 3.05) is 100 Å². The van der Waals surface area contributed by atoms with E-state index in [-0.39, 0.29) is 58.6 Å². The van der Waals surface area contributed by atoms with E-state index in [1.165, 1.54) is 81.5 Å². The lowest BCUT2D eigenvalue weighted by atomic mass is 9.81. The number of nitrogens with one attached hydrogen (secondary N) is 5. The third-order valence-electron chi connectivity index (χ3n) is 21.8. The number of hydrogen-bond donors (Lipinski definition) is 5. The zero-order valence-corrected chi connectivity index (χ0v) is 60.3. The summed E-state index contributed by atoms with van der Waals surface area (Å²) >= 11 is 0. The molecule has 0 radical (unpaired) electrons. The van der Waals surface area contributed by atoms with Crippen LogP contribution in [0, 0.1) is 40.9 Å². The maximum Gasteiger partial charge on any atom is 0.232 e. The molecule has 16 rings (SSSR count). The van der Waals surface area contributed by atoms with Gasteiger partial charge in [-0.2, -0.15) is 0 Å². The summed E-state index contributed by atoms with van der Waals surface area (Å²) < 4.78 is 116. The van der Waals surface area contributed by atoms with E-state index in [1.807, 2.05) is 52.7 Å². The van der Waals surface area contributed by atoms with Crippen LogP contribution in [-0.4, -0.2) is 162 Å². The summed E-state index contributed by atoms with van der Waals surface area (Å²) in [6, 6.07) is 25.9. The van der Waals surface area contributed by atoms with E-state index in [9.17, 15) is 53.2 Å². The molecule has 4 aromatic heterocycles. The zero-order chi connectivity index (χ0) is 72.7. The number of anilines is 3. The molecular formula is C77H91F5N12O7S2. The SMILES string of the molecule is CC(=O)N1CCC(C2CNc3cc(F)ccc32)CC1.CC(=O)N1CCCC(c2c[nH]c3cc(F)ccc23)CC1.CS(=O)(=O)N1CCC(C2C(=O)Nc3cc(F)ccc32)CC1.CS(=O)(=O)N1CCCC(c2c[nH]c3cc(F)ccc23)CC1.Fc1ccc2c(C3CCN(c4ncccn4)CC3)c[nH]c2c1. The minimum Gasteiger partial charge on any atom is -0.384 e. The molecular weight excluding hydrogens is 1360 g/mol. The Labute approximate surface area is 598 Å². The van der Waals surface area contributed by atoms with Crippen molar-refractivity contribution in [1.29, 1.82) is 0 Å². The molecule has 7 aliphatic heterocycles. The molecule has 5 aromatic carbocycles. The van der Waals surface area contributed by atoms with Gasteiger partial charge in [-0.05, 0) is 219 Å². The normalized spacial score (nSPS) is 20.9. The van der Waals surface area contributed by atoms with Crippen LogP contribution in [-0.2, 0) is 34.4 Å². The highest BCUT2D eigenvalue weighted by molar-refractivity contribution is 7.88. The lowest BCUT2D eigenvalue weighted by molar-refractivity contribution is -0.130. The third kappa shape index (κ3) is 17.9. The number of H-pyrrole nitrogens is 3. The van der Waals surface area contributed by atoms with Crippen LogP contribution in [0.2, 0.25) is 0 Å². The Kier molecular flexibility index (Phi) is 23.4. The van der Waals surface area contributed by atoms with Crippen molar-refractivity contribution in [3.8, 4) is 0 Å². The molecule has 103 heavy (non-hydrogen) atoms. The first-order chi connectivity index (χ1) is 49.4. The van der Waals surface area contributed by atoms with E-state index in [4.69, 9.17) is 0 Å². The number of piperidine rings is 3. The van der Waals surface area contributed by atoms with E-state index < -0.39 is 20.0 Å². The van der Waals surface area contributed by atoms with Crippen LogP contribution in [0.4, 0.5) is 39.3 Å². The van der Waals surface area contributed by atoms with Gasteiger partial charge in [0.2, 0.25) is 43.7 Å². The average molecular weight is 1460 g/mol. The lowest BCUT2D eigenvalue weighted by Crippen LogP contribution is -2.40. The monoisotopic (exact) mass is 1450 g/mol. The number of benzene rings is 5. The van der Waals surface area contributed by atoms with Gasteiger partial charge in [0.15, 0.2) is 0 Å². The largest absolute Gasteiger partial charge is 0.384 e. The number of rotatable bonds is 8. The summed E-state index contributed by atoms with van der Waals surface area (Å²) in [5.41, 5.74) is 9.79. The quantitative estimate of drug-likeness (QED) is 0.0898. The molecule has 4 atom stereocenters. The molecule has 0 bridgehead atoms. The topological polar surface area (TPSA) is 233 Å². The Morgan fingerprint density at radius 2 is 0.864 bits per heavy atom. The Morgan fingerprint density at radius 3 is 1.38 bits per heavy atom. The van der Waals surface area contributed by atoms with Gasteiger partial charge in [0.1, 0.15) is 29.1 Å². The van der Waals surface area contributed by atoms with Crippen LogP contribution in [0.3, 0.4) is 0 Å². The van der Waals surface area contributed by atoms with Crippen molar-refractivity contribution in [2.45, 2.75) is 120 Å². The van der Waals surface area contributed by atoms with Crippen molar-refractivity contribution < 1.29 is 53.2 Å². The van der Waals surface area contributed by atoms with Crippen molar-refractivity contribution in [1.82, 2.24) is 43.3 Å². The lowest BCUT2D eigenvalue weighted by Gasteiger charge is -2.34. The number of sulfonamides is 2. The van der Waals surface area contributed by atoms with Crippen LogP contribution in [0.25, 0.3) is 32.7 Å². The summed E-state index contributed by atoms with van der Waals surface area (Å²) in [4.78, 5) is 59.1. The Hall–Kier alpha value is -8.72. The number of aromatic amines is 3. The summed E-state index contributed by atoms with van der Waals surface area (Å²) in [5.74, 6) is 1.91. The van der Waals surface area contributed by atoms with Crippen LogP contribution in [0.15, 0.2) is 128 Å². The fourth-order valence-corrected chi connectivity index (χ4v) is 18.1. The van der Waals surface area contributed by atoms with Gasteiger partial charge in [0, 0.05) is 167 Å². The molecule has 3 amide bonds. The second kappa shape index (κ2) is 32.5. The van der Waals surface area contributed by atoms with Crippen molar-refractivity contribution in [2.24, 2.45) is 11.8 Å². The van der Waals surface area contributed by atoms with Gasteiger partial charge < -0.3 is 40.3 Å². The predicted molar refractivity (Wildman–Crippen MR) is 392 cm³/mol. The van der Waals surface area contributed by atoms with Gasteiger partial charge in [0.05, 0.1) is 18.4 Å². The molecule has 7 aliphatic rings. The van der Waals surface area contributed by atoms with Gasteiger partial charge in [-0.1, -0.05) is 12.1 Å². The number of aromatic nitrogens is 5. The van der Waals surface area contributed by atoms with E-state index in [0.717, 1.165) is 160 Å². The van der Waals surface area contributed by atoms with Gasteiger partial charge in [-0.3, -0.25) is 14.4 Å². The zero-order valence-electron chi connectivity index (χ0n) is 58.6. The number of carbonyl (C=O) groups excluding carboxylic acids is 3. The first-order valence-electron chi connectivity index (χ1n) is 35.8. The number of carbonyl (C=O) groups is 3. The molecule has 548 valence electrons. The highest BCUT2D eigenvalue weighted by atomic mass is 32.2. The number of halogens is 5. The van der Waals surface area contributed by atoms with Gasteiger partial charge in [0.25, 0.3) is 0 Å². The highest BCUT2D eigenvalue weighted by Gasteiger charge is 2.40. The summed E-state index contributed by atoms with van der Waals surface area (Å²) in [6.45, 7) is 11.4. The van der Waals surface area contributed by atoms with Crippen LogP contribution in [0.5, 0.6) is 0 Å². The fraction of sp³-hybridized carbons (Fsp3) is 0.442. The standard InChI is InChI=1S/C17H17FN4.C16H19FN2O.C15H19FN2O2S.C15H19FN2O.C14H17FN2O3S/c18-13-2-3-14-15(11-21-16(14)10-13)12-4-8-22(9-5-12)17-19-6-1-7-20-17;1-11(20)19-7-2-3-12(6-8-19)15-10-18-16-9-13(17)4-5-14(15)16;1-21(19,20)18-7-2-3-11(6-8-18)14-10-17-15-9-12(16)4-5-13(14)15;1-10(19)18-6-4-11(5-7-18)14-9-17-15-8-12(16)2-3-13(14)15;1-21(19,20)17-6-4-9(5-7-17)13-11-3-2-10(15)8-12(11)16-14(13)18/h1-3,6-7,10-12,21H,4-5,8-9H2;4-5,9-10,12,18H,2-3,6-8H2,1H3;4-5,9-11,17H,2-3,6-8H2,1H3;2-3,8,11,14,17H,4-7,9H2,1H3;2-3,8-9,13H,4-7H2,1H3,(H,16,18). The second-order valence-corrected chi connectivity index (χ2v) is 32.3. The minimum atomic E-state index is -3.17. The molecule has 0 aliphatic carbocycles. The predicted octanol–water partition coefficient (Wildman–Crippen LogP) is 13.9.